The van der Waals surface area contributed by atoms with E-state index in [1.807, 2.05) is 0 Å². The molecule has 0 aliphatic carbocycles. The molecule has 0 bridgehead atoms. The first kappa shape index (κ1) is 11.9. The summed E-state index contributed by atoms with van der Waals surface area (Å²) in [6.45, 7) is 4.45. The number of rotatable bonds is 6. The van der Waals surface area contributed by atoms with Crippen LogP contribution in [0, 0.1) is 0 Å². The number of nitrogens with two attached hydrogens (primary N) is 1. The highest BCUT2D eigenvalue weighted by Crippen LogP contribution is 2.18. The average molecular weight is 203 g/mol. The Kier molecular flexibility index (Phi) is 6.10. The van der Waals surface area contributed by atoms with E-state index >= 15 is 0 Å². The zero-order chi connectivity index (χ0) is 10.2. The fraction of sp³-hybridized carbons (Fsp3) is 1.00. The van der Waals surface area contributed by atoms with Crippen molar-refractivity contribution < 1.29 is 14.2 Å². The molecule has 4 nitrogen and oxygen atoms in total. The van der Waals surface area contributed by atoms with Crippen LogP contribution < -0.4 is 5.73 Å². The normalized spacial score (nSPS) is 27.9. The Morgan fingerprint density at radius 2 is 2.14 bits per heavy atom. The van der Waals surface area contributed by atoms with Crippen LogP contribution in [0.2, 0.25) is 0 Å². The molecular weight excluding hydrogens is 182 g/mol. The summed E-state index contributed by atoms with van der Waals surface area (Å²) in [6, 6.07) is 0. The fourth-order valence-corrected chi connectivity index (χ4v) is 1.51. The van der Waals surface area contributed by atoms with E-state index in [1.54, 1.807) is 0 Å². The lowest BCUT2D eigenvalue weighted by Crippen LogP contribution is -2.29. The van der Waals surface area contributed by atoms with E-state index in [9.17, 15) is 0 Å². The first-order valence-electron chi connectivity index (χ1n) is 5.38. The van der Waals surface area contributed by atoms with Gasteiger partial charge in [0.2, 0.25) is 0 Å². The van der Waals surface area contributed by atoms with Crippen molar-refractivity contribution in [2.24, 2.45) is 5.73 Å². The minimum absolute atomic E-state index is 0.0276. The summed E-state index contributed by atoms with van der Waals surface area (Å²) in [5, 5.41) is 0. The fourth-order valence-electron chi connectivity index (χ4n) is 1.51. The van der Waals surface area contributed by atoms with Crippen LogP contribution in [0.25, 0.3) is 0 Å². The Morgan fingerprint density at radius 1 is 1.29 bits per heavy atom. The van der Waals surface area contributed by atoms with Crippen molar-refractivity contribution in [1.29, 1.82) is 0 Å². The Morgan fingerprint density at radius 3 is 2.86 bits per heavy atom. The Bertz CT molecular complexity index is 143. The molecule has 1 rings (SSSR count). The summed E-state index contributed by atoms with van der Waals surface area (Å²) in [5.41, 5.74) is 5.28. The van der Waals surface area contributed by atoms with E-state index in [1.165, 1.54) is 6.42 Å². The van der Waals surface area contributed by atoms with Gasteiger partial charge in [-0.1, -0.05) is 0 Å². The molecule has 0 aromatic carbocycles. The highest BCUT2D eigenvalue weighted by molar-refractivity contribution is 4.61. The molecule has 1 aliphatic heterocycles. The van der Waals surface area contributed by atoms with E-state index in [4.69, 9.17) is 19.9 Å². The van der Waals surface area contributed by atoms with E-state index in [0.29, 0.717) is 32.5 Å². The highest BCUT2D eigenvalue weighted by atomic mass is 16.7. The molecule has 1 heterocycles. The maximum atomic E-state index is 5.59. The Labute approximate surface area is 85.7 Å². The lowest BCUT2D eigenvalue weighted by molar-refractivity contribution is -0.193. The highest BCUT2D eigenvalue weighted by Gasteiger charge is 2.18. The van der Waals surface area contributed by atoms with Gasteiger partial charge in [-0.15, -0.1) is 0 Å². The molecule has 1 fully saturated rings. The first-order chi connectivity index (χ1) is 6.83. The molecule has 84 valence electrons. The van der Waals surface area contributed by atoms with Gasteiger partial charge in [0.05, 0.1) is 25.9 Å². The predicted octanol–water partition coefficient (Wildman–Crippen LogP) is 0.893. The largest absolute Gasteiger partial charge is 0.378 e. The van der Waals surface area contributed by atoms with Crippen molar-refractivity contribution in [1.82, 2.24) is 0 Å². The van der Waals surface area contributed by atoms with Gasteiger partial charge >= 0.3 is 0 Å². The molecule has 0 unspecified atom stereocenters. The summed E-state index contributed by atoms with van der Waals surface area (Å²) < 4.78 is 16.3. The predicted molar refractivity (Wildman–Crippen MR) is 54.0 cm³/mol. The second kappa shape index (κ2) is 7.17. The van der Waals surface area contributed by atoms with Crippen LogP contribution in [-0.4, -0.2) is 38.8 Å². The third-order valence-electron chi connectivity index (χ3n) is 2.23. The molecule has 0 amide bonds. The standard InChI is InChI=1S/C10H21NO3/c1-9-3-2-4-10(14-9)13-8-7-12-6-5-11/h9-10H,2-8,11H2,1H3/t9-,10-/m1/s1. The molecule has 2 atom stereocenters. The van der Waals surface area contributed by atoms with Crippen molar-refractivity contribution in [2.75, 3.05) is 26.4 Å². The van der Waals surface area contributed by atoms with Crippen LogP contribution in [0.4, 0.5) is 0 Å². The van der Waals surface area contributed by atoms with Crippen LogP contribution in [0.5, 0.6) is 0 Å². The molecule has 0 saturated carbocycles. The lowest BCUT2D eigenvalue weighted by Gasteiger charge is -2.27. The Balaban J connectivity index is 1.95. The molecule has 14 heavy (non-hydrogen) atoms. The van der Waals surface area contributed by atoms with Crippen LogP contribution in [0.1, 0.15) is 26.2 Å². The topological polar surface area (TPSA) is 53.7 Å². The summed E-state index contributed by atoms with van der Waals surface area (Å²) in [7, 11) is 0. The summed E-state index contributed by atoms with van der Waals surface area (Å²) >= 11 is 0. The molecule has 4 heteroatoms. The maximum Gasteiger partial charge on any atom is 0.158 e. The maximum absolute atomic E-state index is 5.59. The quantitative estimate of drug-likeness (QED) is 0.651. The van der Waals surface area contributed by atoms with Crippen LogP contribution in [0.3, 0.4) is 0 Å². The van der Waals surface area contributed by atoms with Crippen molar-refractivity contribution in [3.8, 4) is 0 Å². The summed E-state index contributed by atoms with van der Waals surface area (Å²) in [4.78, 5) is 0. The smallest absolute Gasteiger partial charge is 0.158 e. The SMILES string of the molecule is C[C@@H]1CCC[C@H](OCCOCCN)O1. The molecule has 1 saturated heterocycles. The van der Waals surface area contributed by atoms with Crippen molar-refractivity contribution in [3.63, 3.8) is 0 Å². The molecule has 0 spiro atoms. The number of ether oxygens (including phenoxy) is 3. The van der Waals surface area contributed by atoms with Gasteiger partial charge < -0.3 is 19.9 Å². The van der Waals surface area contributed by atoms with Gasteiger partial charge in [-0.2, -0.15) is 0 Å². The molecule has 0 aromatic heterocycles. The summed E-state index contributed by atoms with van der Waals surface area (Å²) in [6.07, 6.45) is 3.64. The summed E-state index contributed by atoms with van der Waals surface area (Å²) in [5.74, 6) is 0. The van der Waals surface area contributed by atoms with Gasteiger partial charge in [0.25, 0.3) is 0 Å². The average Bonchev–Trinajstić information content (AvgIpc) is 2.18. The van der Waals surface area contributed by atoms with Crippen LogP contribution in [0.15, 0.2) is 0 Å². The Hall–Kier alpha value is -0.160. The van der Waals surface area contributed by atoms with Gasteiger partial charge in [0, 0.05) is 6.54 Å². The van der Waals surface area contributed by atoms with Crippen LogP contribution >= 0.6 is 0 Å². The number of hydrogen-bond acceptors (Lipinski definition) is 4. The van der Waals surface area contributed by atoms with Crippen molar-refractivity contribution in [2.45, 2.75) is 38.6 Å². The minimum Gasteiger partial charge on any atom is -0.378 e. The van der Waals surface area contributed by atoms with Gasteiger partial charge in [-0.05, 0) is 26.2 Å². The lowest BCUT2D eigenvalue weighted by atomic mass is 10.1. The van der Waals surface area contributed by atoms with Gasteiger partial charge in [-0.25, -0.2) is 0 Å². The zero-order valence-corrected chi connectivity index (χ0v) is 8.91. The van der Waals surface area contributed by atoms with Crippen molar-refractivity contribution >= 4 is 0 Å². The second-order valence-electron chi connectivity index (χ2n) is 3.58. The van der Waals surface area contributed by atoms with Crippen molar-refractivity contribution in [3.05, 3.63) is 0 Å². The van der Waals surface area contributed by atoms with E-state index in [0.717, 1.165) is 12.8 Å². The minimum atomic E-state index is -0.0276. The molecule has 1 aliphatic rings. The molecule has 2 N–H and O–H groups in total. The third kappa shape index (κ3) is 4.91. The van der Waals surface area contributed by atoms with E-state index in [-0.39, 0.29) is 6.29 Å². The van der Waals surface area contributed by atoms with Gasteiger partial charge in [-0.3, -0.25) is 0 Å². The first-order valence-corrected chi connectivity index (χ1v) is 5.38. The zero-order valence-electron chi connectivity index (χ0n) is 8.91. The van der Waals surface area contributed by atoms with E-state index in [2.05, 4.69) is 6.92 Å². The molecule has 0 radical (unpaired) electrons. The van der Waals surface area contributed by atoms with Gasteiger partial charge in [0.15, 0.2) is 6.29 Å². The van der Waals surface area contributed by atoms with Gasteiger partial charge in [0.1, 0.15) is 0 Å². The van der Waals surface area contributed by atoms with E-state index < -0.39 is 0 Å². The third-order valence-corrected chi connectivity index (χ3v) is 2.23. The van der Waals surface area contributed by atoms with Crippen LogP contribution in [-0.2, 0) is 14.2 Å². The monoisotopic (exact) mass is 203 g/mol. The number of hydrogen-bond donors (Lipinski definition) is 1. The molecular formula is C10H21NO3. The molecule has 0 aromatic rings. The second-order valence-corrected chi connectivity index (χ2v) is 3.58.